The third-order valence-corrected chi connectivity index (χ3v) is 4.57. The number of carbonyl (C=O) groups excluding carboxylic acids is 1. The largest absolute Gasteiger partial charge is 0.336 e. The predicted octanol–water partition coefficient (Wildman–Crippen LogP) is 1.07. The van der Waals surface area contributed by atoms with Gasteiger partial charge in [-0.3, -0.25) is 9.69 Å². The van der Waals surface area contributed by atoms with Gasteiger partial charge in [0, 0.05) is 45.2 Å². The molecular weight excluding hydrogens is 226 g/mol. The van der Waals surface area contributed by atoms with Crippen molar-refractivity contribution < 1.29 is 4.79 Å². The van der Waals surface area contributed by atoms with Crippen LogP contribution in [0.4, 0.5) is 0 Å². The highest BCUT2D eigenvalue weighted by Gasteiger charge is 2.43. The molecule has 2 aliphatic heterocycles. The molecule has 4 nitrogen and oxygen atoms in total. The molecule has 1 atom stereocenters. The molecule has 0 aromatic carbocycles. The second-order valence-corrected chi connectivity index (χ2v) is 6.00. The summed E-state index contributed by atoms with van der Waals surface area (Å²) in [5.41, 5.74) is -0.0251. The molecule has 0 aliphatic carbocycles. The summed E-state index contributed by atoms with van der Waals surface area (Å²) < 4.78 is 0. The number of amides is 1. The lowest BCUT2D eigenvalue weighted by molar-refractivity contribution is -0.142. The Kier molecular flexibility index (Phi) is 4.28. The lowest BCUT2D eigenvalue weighted by Gasteiger charge is -2.52. The van der Waals surface area contributed by atoms with Gasteiger partial charge in [-0.25, -0.2) is 0 Å². The highest BCUT2D eigenvalue weighted by molar-refractivity contribution is 5.76. The Morgan fingerprint density at radius 2 is 1.94 bits per heavy atom. The number of piperazine rings is 1. The fourth-order valence-electron chi connectivity index (χ4n) is 3.52. The molecule has 1 N–H and O–H groups in total. The van der Waals surface area contributed by atoms with Gasteiger partial charge < -0.3 is 10.2 Å². The average molecular weight is 253 g/mol. The van der Waals surface area contributed by atoms with Crippen LogP contribution < -0.4 is 5.32 Å². The van der Waals surface area contributed by atoms with E-state index in [1.54, 1.807) is 0 Å². The minimum Gasteiger partial charge on any atom is -0.336 e. The molecule has 2 rings (SSSR count). The van der Waals surface area contributed by atoms with Gasteiger partial charge in [-0.2, -0.15) is 0 Å². The number of rotatable bonds is 2. The van der Waals surface area contributed by atoms with Crippen LogP contribution in [0.25, 0.3) is 0 Å². The lowest BCUT2D eigenvalue weighted by atomic mass is 9.83. The number of likely N-dealkylation sites (tertiary alicyclic amines) is 1. The van der Waals surface area contributed by atoms with Crippen molar-refractivity contribution in [3.8, 4) is 0 Å². The van der Waals surface area contributed by atoms with Gasteiger partial charge in [0.15, 0.2) is 0 Å². The van der Waals surface area contributed by atoms with Crippen molar-refractivity contribution in [1.29, 1.82) is 0 Å². The lowest BCUT2D eigenvalue weighted by Crippen LogP contribution is -2.65. The SMILES string of the molecule is CCC(=O)N1CCCC(N2CCNCC2)C1(C)C. The topological polar surface area (TPSA) is 35.6 Å². The molecule has 4 heteroatoms. The summed E-state index contributed by atoms with van der Waals surface area (Å²) in [5, 5.41) is 3.40. The molecule has 0 bridgehead atoms. The van der Waals surface area contributed by atoms with Crippen LogP contribution in [0.2, 0.25) is 0 Å². The summed E-state index contributed by atoms with van der Waals surface area (Å²) in [7, 11) is 0. The van der Waals surface area contributed by atoms with Crippen molar-refractivity contribution in [3.05, 3.63) is 0 Å². The van der Waals surface area contributed by atoms with Crippen LogP contribution in [-0.4, -0.2) is 60.0 Å². The molecule has 104 valence electrons. The Morgan fingerprint density at radius 1 is 1.28 bits per heavy atom. The summed E-state index contributed by atoms with van der Waals surface area (Å²) in [6, 6.07) is 0.517. The van der Waals surface area contributed by atoms with Gasteiger partial charge in [0.2, 0.25) is 5.91 Å². The maximum Gasteiger partial charge on any atom is 0.222 e. The van der Waals surface area contributed by atoms with Crippen LogP contribution in [-0.2, 0) is 4.79 Å². The summed E-state index contributed by atoms with van der Waals surface area (Å²) >= 11 is 0. The second kappa shape index (κ2) is 5.57. The number of hydrogen-bond donors (Lipinski definition) is 1. The van der Waals surface area contributed by atoms with Crippen molar-refractivity contribution >= 4 is 5.91 Å². The van der Waals surface area contributed by atoms with Crippen LogP contribution in [0, 0.1) is 0 Å². The zero-order chi connectivity index (χ0) is 13.2. The number of hydrogen-bond acceptors (Lipinski definition) is 3. The first-order chi connectivity index (χ1) is 8.57. The van der Waals surface area contributed by atoms with Gasteiger partial charge in [-0.15, -0.1) is 0 Å². The summed E-state index contributed by atoms with van der Waals surface area (Å²) in [6.45, 7) is 11.8. The van der Waals surface area contributed by atoms with E-state index in [4.69, 9.17) is 0 Å². The van der Waals surface area contributed by atoms with E-state index >= 15 is 0 Å². The third-order valence-electron chi connectivity index (χ3n) is 4.57. The summed E-state index contributed by atoms with van der Waals surface area (Å²) in [4.78, 5) is 16.8. The average Bonchev–Trinajstić information content (AvgIpc) is 2.38. The number of nitrogens with zero attached hydrogens (tertiary/aromatic N) is 2. The predicted molar refractivity (Wildman–Crippen MR) is 73.5 cm³/mol. The van der Waals surface area contributed by atoms with Gasteiger partial charge in [0.25, 0.3) is 0 Å². The zero-order valence-corrected chi connectivity index (χ0v) is 12.0. The minimum absolute atomic E-state index is 0.0251. The van der Waals surface area contributed by atoms with E-state index in [1.165, 1.54) is 6.42 Å². The van der Waals surface area contributed by atoms with Gasteiger partial charge in [0.05, 0.1) is 5.54 Å². The molecule has 2 fully saturated rings. The molecule has 0 radical (unpaired) electrons. The Balaban J connectivity index is 2.12. The Labute approximate surface area is 111 Å². The van der Waals surface area contributed by atoms with Crippen molar-refractivity contribution in [2.75, 3.05) is 32.7 Å². The molecule has 2 saturated heterocycles. The number of nitrogens with one attached hydrogen (secondary N) is 1. The highest BCUT2D eigenvalue weighted by Crippen LogP contribution is 2.32. The molecule has 0 aromatic rings. The second-order valence-electron chi connectivity index (χ2n) is 6.00. The summed E-state index contributed by atoms with van der Waals surface area (Å²) in [6.07, 6.45) is 2.99. The summed E-state index contributed by atoms with van der Waals surface area (Å²) in [5.74, 6) is 0.305. The van der Waals surface area contributed by atoms with Gasteiger partial charge >= 0.3 is 0 Å². The van der Waals surface area contributed by atoms with E-state index in [1.807, 2.05) is 6.92 Å². The van der Waals surface area contributed by atoms with Crippen LogP contribution in [0.5, 0.6) is 0 Å². The van der Waals surface area contributed by atoms with E-state index < -0.39 is 0 Å². The molecule has 1 amide bonds. The van der Waals surface area contributed by atoms with E-state index in [-0.39, 0.29) is 5.54 Å². The van der Waals surface area contributed by atoms with Gasteiger partial charge in [-0.05, 0) is 26.7 Å². The molecular formula is C14H27N3O. The molecule has 2 heterocycles. The van der Waals surface area contributed by atoms with Crippen molar-refractivity contribution in [2.24, 2.45) is 0 Å². The normalized spacial score (nSPS) is 29.3. The molecule has 0 aromatic heterocycles. The highest BCUT2D eigenvalue weighted by atomic mass is 16.2. The first-order valence-electron chi connectivity index (χ1n) is 7.32. The third kappa shape index (κ3) is 2.54. The van der Waals surface area contributed by atoms with Crippen molar-refractivity contribution in [1.82, 2.24) is 15.1 Å². The fourth-order valence-corrected chi connectivity index (χ4v) is 3.52. The van der Waals surface area contributed by atoms with Crippen LogP contribution in [0.1, 0.15) is 40.0 Å². The minimum atomic E-state index is -0.0251. The molecule has 0 spiro atoms. The smallest absolute Gasteiger partial charge is 0.222 e. The molecule has 1 unspecified atom stereocenters. The Morgan fingerprint density at radius 3 is 2.56 bits per heavy atom. The first-order valence-corrected chi connectivity index (χ1v) is 7.32. The van der Waals surface area contributed by atoms with Crippen LogP contribution in [0.3, 0.4) is 0 Å². The standard InChI is InChI=1S/C14H27N3O/c1-4-13(18)17-9-5-6-12(14(17,2)3)16-10-7-15-8-11-16/h12,15H,4-11H2,1-3H3. The van der Waals surface area contributed by atoms with E-state index in [0.29, 0.717) is 18.4 Å². The molecule has 0 saturated carbocycles. The van der Waals surface area contributed by atoms with Gasteiger partial charge in [-0.1, -0.05) is 6.92 Å². The molecule has 2 aliphatic rings. The maximum atomic E-state index is 12.1. The zero-order valence-electron chi connectivity index (χ0n) is 12.0. The van der Waals surface area contributed by atoms with Crippen LogP contribution in [0.15, 0.2) is 0 Å². The fraction of sp³-hybridized carbons (Fsp3) is 0.929. The van der Waals surface area contributed by atoms with E-state index in [9.17, 15) is 4.79 Å². The maximum absolute atomic E-state index is 12.1. The Bertz CT molecular complexity index is 297. The van der Waals surface area contributed by atoms with Crippen LogP contribution >= 0.6 is 0 Å². The Hall–Kier alpha value is -0.610. The number of carbonyl (C=O) groups is 1. The quantitative estimate of drug-likeness (QED) is 0.799. The monoisotopic (exact) mass is 253 g/mol. The van der Waals surface area contributed by atoms with Crippen molar-refractivity contribution in [2.45, 2.75) is 51.6 Å². The number of piperidine rings is 1. The van der Waals surface area contributed by atoms with Crippen molar-refractivity contribution in [3.63, 3.8) is 0 Å². The molecule has 18 heavy (non-hydrogen) atoms. The van der Waals surface area contributed by atoms with E-state index in [2.05, 4.69) is 29.0 Å². The first kappa shape index (κ1) is 13.8. The van der Waals surface area contributed by atoms with Gasteiger partial charge in [0.1, 0.15) is 0 Å². The van der Waals surface area contributed by atoms with E-state index in [0.717, 1.165) is 39.1 Å².